The Labute approximate surface area is 179 Å². The van der Waals surface area contributed by atoms with Crippen LogP contribution in [0.1, 0.15) is 43.7 Å². The van der Waals surface area contributed by atoms with Crippen LogP contribution in [-0.4, -0.2) is 15.9 Å². The van der Waals surface area contributed by atoms with Crippen molar-refractivity contribution in [3.8, 4) is 11.6 Å². The molecule has 1 aromatic heterocycles. The Balaban J connectivity index is 1.55. The molecule has 2 atom stereocenters. The van der Waals surface area contributed by atoms with Gasteiger partial charge in [-0.2, -0.15) is 0 Å². The molecule has 156 valence electrons. The van der Waals surface area contributed by atoms with Gasteiger partial charge in [-0.25, -0.2) is 9.37 Å². The molecule has 2 unspecified atom stereocenters. The number of carbonyl (C=O) groups is 1. The number of allylic oxidation sites excluding steroid dienone is 2. The van der Waals surface area contributed by atoms with Crippen molar-refractivity contribution >= 4 is 23.0 Å². The second-order valence-electron chi connectivity index (χ2n) is 8.57. The number of fused-ring (bicyclic) bond motifs is 2. The third kappa shape index (κ3) is 3.02. The van der Waals surface area contributed by atoms with Crippen LogP contribution in [0, 0.1) is 29.5 Å². The highest BCUT2D eigenvalue weighted by atomic mass is 35.5. The van der Waals surface area contributed by atoms with E-state index in [9.17, 15) is 14.3 Å². The minimum Gasteiger partial charge on any atom is -0.511 e. The van der Waals surface area contributed by atoms with Crippen molar-refractivity contribution < 1.29 is 19.0 Å². The summed E-state index contributed by atoms with van der Waals surface area (Å²) >= 11 is 5.76. The van der Waals surface area contributed by atoms with E-state index in [1.807, 2.05) is 13.0 Å². The summed E-state index contributed by atoms with van der Waals surface area (Å²) in [6.45, 7) is 2.01. The minimum atomic E-state index is -0.662. The van der Waals surface area contributed by atoms with Crippen LogP contribution in [0.2, 0.25) is 5.02 Å². The van der Waals surface area contributed by atoms with Crippen molar-refractivity contribution in [3.63, 3.8) is 0 Å². The zero-order chi connectivity index (χ0) is 21.0. The summed E-state index contributed by atoms with van der Waals surface area (Å²) in [5, 5.41) is 11.3. The van der Waals surface area contributed by atoms with E-state index >= 15 is 0 Å². The Bertz CT molecular complexity index is 1060. The summed E-state index contributed by atoms with van der Waals surface area (Å²) in [5.41, 5.74) is 2.06. The third-order valence-electron chi connectivity index (χ3n) is 7.06. The molecule has 1 heterocycles. The molecule has 30 heavy (non-hydrogen) atoms. The van der Waals surface area contributed by atoms with Crippen LogP contribution in [0.15, 0.2) is 36.2 Å². The predicted octanol–water partition coefficient (Wildman–Crippen LogP) is 6.13. The Morgan fingerprint density at radius 3 is 2.50 bits per heavy atom. The largest absolute Gasteiger partial charge is 0.511 e. The van der Waals surface area contributed by atoms with Gasteiger partial charge in [-0.15, -0.1) is 0 Å². The Morgan fingerprint density at radius 1 is 1.17 bits per heavy atom. The van der Waals surface area contributed by atoms with Gasteiger partial charge in [0.05, 0.1) is 10.6 Å². The summed E-state index contributed by atoms with van der Waals surface area (Å²) in [5.74, 6) is 0.408. The Morgan fingerprint density at radius 2 is 1.87 bits per heavy atom. The Kier molecular flexibility index (Phi) is 4.81. The van der Waals surface area contributed by atoms with Gasteiger partial charge in [0.2, 0.25) is 0 Å². The van der Waals surface area contributed by atoms with Crippen LogP contribution in [0.25, 0.3) is 5.57 Å². The molecule has 6 rings (SSSR count). The lowest BCUT2D eigenvalue weighted by Crippen LogP contribution is -2.41. The average Bonchev–Trinajstić information content (AvgIpc) is 3.03. The van der Waals surface area contributed by atoms with Gasteiger partial charge in [-0.3, -0.25) is 4.79 Å². The summed E-state index contributed by atoms with van der Waals surface area (Å²) in [6.07, 6.45) is 6.34. The maximum absolute atomic E-state index is 14.1. The second kappa shape index (κ2) is 7.38. The molecule has 3 saturated carbocycles. The molecule has 1 N–H and O–H groups in total. The lowest BCUT2D eigenvalue weighted by Gasteiger charge is -2.44. The third-order valence-corrected chi connectivity index (χ3v) is 7.27. The molecule has 3 fully saturated rings. The summed E-state index contributed by atoms with van der Waals surface area (Å²) in [6, 6.07) is 6.45. The van der Waals surface area contributed by atoms with Gasteiger partial charge in [-0.05, 0) is 73.3 Å². The van der Waals surface area contributed by atoms with Gasteiger partial charge in [0.1, 0.15) is 11.5 Å². The molecule has 6 heteroatoms. The fraction of sp³-hybridized carbons (Fsp3) is 0.417. The first-order chi connectivity index (χ1) is 14.5. The van der Waals surface area contributed by atoms with Crippen molar-refractivity contribution in [1.29, 1.82) is 0 Å². The number of aliphatic hydroxyl groups is 1. The zero-order valence-corrected chi connectivity index (χ0v) is 17.5. The van der Waals surface area contributed by atoms with Gasteiger partial charge in [0.25, 0.3) is 5.88 Å². The van der Waals surface area contributed by atoms with E-state index in [0.29, 0.717) is 35.1 Å². The highest BCUT2D eigenvalue weighted by molar-refractivity contribution is 6.30. The molecule has 0 amide bonds. The molecule has 4 aliphatic rings. The second-order valence-corrected chi connectivity index (χ2v) is 9.00. The number of nitrogens with zero attached hydrogens (tertiary/aromatic N) is 1. The summed E-state index contributed by atoms with van der Waals surface area (Å²) in [7, 11) is 0. The van der Waals surface area contributed by atoms with Gasteiger partial charge in [0.15, 0.2) is 11.6 Å². The van der Waals surface area contributed by atoms with Gasteiger partial charge in [0, 0.05) is 18.0 Å². The zero-order valence-electron chi connectivity index (χ0n) is 16.7. The molecule has 1 aromatic carbocycles. The standard InChI is InChI=1S/C24H23ClFNO3/c1-2-12-7-8-16(30-24-18(26)9-15(25)11-27-24)10-17(12)21-22(28)19-13-3-4-14(6-5-13)20(19)23(21)29/h7-11,13-14,19-20,28H,2-6H2,1H3. The normalized spacial score (nSPS) is 27.5. The number of aliphatic hydroxyl groups excluding tert-OH is 1. The number of ketones is 1. The van der Waals surface area contributed by atoms with E-state index < -0.39 is 5.82 Å². The van der Waals surface area contributed by atoms with Crippen molar-refractivity contribution in [3.05, 3.63) is 58.2 Å². The molecular weight excluding hydrogens is 405 g/mol. The summed E-state index contributed by atoms with van der Waals surface area (Å²) in [4.78, 5) is 17.3. The van der Waals surface area contributed by atoms with E-state index in [1.165, 1.54) is 6.20 Å². The van der Waals surface area contributed by atoms with Gasteiger partial charge >= 0.3 is 0 Å². The molecule has 0 saturated heterocycles. The predicted molar refractivity (Wildman–Crippen MR) is 112 cm³/mol. The first-order valence-electron chi connectivity index (χ1n) is 10.6. The smallest absolute Gasteiger partial charge is 0.255 e. The van der Waals surface area contributed by atoms with Gasteiger partial charge in [-0.1, -0.05) is 24.6 Å². The van der Waals surface area contributed by atoms with Crippen LogP contribution in [0.4, 0.5) is 4.39 Å². The lowest BCUT2D eigenvalue weighted by atomic mass is 9.59. The number of hydrogen-bond donors (Lipinski definition) is 1. The van der Waals surface area contributed by atoms with Crippen LogP contribution in [0.3, 0.4) is 0 Å². The lowest BCUT2D eigenvalue weighted by molar-refractivity contribution is -0.123. The number of carbonyl (C=O) groups excluding carboxylic acids is 1. The minimum absolute atomic E-state index is 0.0505. The quantitative estimate of drug-likeness (QED) is 0.637. The highest BCUT2D eigenvalue weighted by Gasteiger charge is 2.54. The first-order valence-corrected chi connectivity index (χ1v) is 10.9. The number of ether oxygens (including phenoxy) is 1. The number of aromatic nitrogens is 1. The summed E-state index contributed by atoms with van der Waals surface area (Å²) < 4.78 is 19.8. The molecular formula is C24H23ClFNO3. The molecule has 4 aliphatic carbocycles. The van der Waals surface area contributed by atoms with Crippen LogP contribution in [-0.2, 0) is 11.2 Å². The average molecular weight is 428 g/mol. The van der Waals surface area contributed by atoms with Crippen molar-refractivity contribution in [1.82, 2.24) is 4.98 Å². The van der Waals surface area contributed by atoms with E-state index in [2.05, 4.69) is 4.98 Å². The molecule has 0 aliphatic heterocycles. The SMILES string of the molecule is CCc1ccc(Oc2ncc(Cl)cc2F)cc1C1=C(O)C2C3CCC(CC3)C2C1=O. The van der Waals surface area contributed by atoms with Crippen LogP contribution in [0.5, 0.6) is 11.6 Å². The number of Topliss-reactive ketones (excluding diaryl/α,β-unsaturated/α-hetero) is 1. The highest BCUT2D eigenvalue weighted by Crippen LogP contribution is 2.57. The maximum atomic E-state index is 14.1. The fourth-order valence-electron chi connectivity index (χ4n) is 5.70. The first kappa shape index (κ1) is 19.6. The van der Waals surface area contributed by atoms with E-state index in [0.717, 1.165) is 37.3 Å². The number of rotatable bonds is 4. The van der Waals surface area contributed by atoms with Gasteiger partial charge < -0.3 is 9.84 Å². The number of aryl methyl sites for hydroxylation is 1. The molecule has 0 spiro atoms. The topological polar surface area (TPSA) is 59.4 Å². The number of benzene rings is 1. The van der Waals surface area contributed by atoms with E-state index in [-0.39, 0.29) is 34.3 Å². The Hall–Kier alpha value is -2.40. The maximum Gasteiger partial charge on any atom is 0.255 e. The molecule has 2 aromatic rings. The number of pyridine rings is 1. The van der Waals surface area contributed by atoms with Crippen LogP contribution < -0.4 is 4.74 Å². The molecule has 2 bridgehead atoms. The van der Waals surface area contributed by atoms with Crippen LogP contribution >= 0.6 is 11.6 Å². The molecule has 0 radical (unpaired) electrons. The van der Waals surface area contributed by atoms with Crippen molar-refractivity contribution in [2.24, 2.45) is 23.7 Å². The van der Waals surface area contributed by atoms with Crippen molar-refractivity contribution in [2.75, 3.05) is 0 Å². The number of halogens is 2. The van der Waals surface area contributed by atoms with E-state index in [4.69, 9.17) is 16.3 Å². The molecule has 4 nitrogen and oxygen atoms in total. The monoisotopic (exact) mass is 427 g/mol. The van der Waals surface area contributed by atoms with E-state index in [1.54, 1.807) is 12.1 Å². The fourth-order valence-corrected chi connectivity index (χ4v) is 5.84. The van der Waals surface area contributed by atoms with Crippen molar-refractivity contribution in [2.45, 2.75) is 39.0 Å². The number of hydrogen-bond acceptors (Lipinski definition) is 4.